The van der Waals surface area contributed by atoms with Crippen LogP contribution < -0.4 is 5.32 Å². The highest BCUT2D eigenvalue weighted by atomic mass is 15.2. The van der Waals surface area contributed by atoms with Crippen LogP contribution in [0.3, 0.4) is 0 Å². The summed E-state index contributed by atoms with van der Waals surface area (Å²) in [6, 6.07) is 2.20. The molecule has 2 rings (SSSR count). The minimum absolute atomic E-state index is 0.685. The molecule has 1 aliphatic carbocycles. The lowest BCUT2D eigenvalue weighted by Crippen LogP contribution is -2.50. The minimum atomic E-state index is 0.685. The Morgan fingerprint density at radius 3 is 2.22 bits per heavy atom. The van der Waals surface area contributed by atoms with E-state index in [1.165, 1.54) is 58.0 Å². The first-order chi connectivity index (χ1) is 8.68. The van der Waals surface area contributed by atoms with Crippen molar-refractivity contribution in [1.82, 2.24) is 10.2 Å². The number of piperidine rings is 1. The summed E-state index contributed by atoms with van der Waals surface area (Å²) in [7, 11) is 0. The summed E-state index contributed by atoms with van der Waals surface area (Å²) in [5.41, 5.74) is 0. The van der Waals surface area contributed by atoms with Crippen LogP contribution in [0.5, 0.6) is 0 Å². The van der Waals surface area contributed by atoms with Gasteiger partial charge in [0.15, 0.2) is 0 Å². The number of hydrogen-bond acceptors (Lipinski definition) is 2. The second kappa shape index (κ2) is 6.91. The van der Waals surface area contributed by atoms with E-state index in [0.29, 0.717) is 6.04 Å². The van der Waals surface area contributed by atoms with Crippen LogP contribution in [0.15, 0.2) is 0 Å². The average Bonchev–Trinajstić information content (AvgIpc) is 2.90. The molecule has 2 aliphatic rings. The molecule has 0 spiro atoms. The Labute approximate surface area is 114 Å². The second-order valence-electron chi connectivity index (χ2n) is 6.72. The largest absolute Gasteiger partial charge is 0.313 e. The molecule has 2 fully saturated rings. The standard InChI is InChI=1S/C16H32N2/c1-13(2)18(12-16-10-6-7-11-17-16)14(3)15-8-4-5-9-15/h13-17H,4-12H2,1-3H3. The maximum absolute atomic E-state index is 3.71. The van der Waals surface area contributed by atoms with Gasteiger partial charge in [-0.2, -0.15) is 0 Å². The third-order valence-corrected chi connectivity index (χ3v) is 5.11. The summed E-state index contributed by atoms with van der Waals surface area (Å²) in [4.78, 5) is 2.76. The van der Waals surface area contributed by atoms with Crippen molar-refractivity contribution >= 4 is 0 Å². The summed E-state index contributed by atoms with van der Waals surface area (Å²) >= 11 is 0. The van der Waals surface area contributed by atoms with Gasteiger partial charge in [0.05, 0.1) is 0 Å². The van der Waals surface area contributed by atoms with E-state index in [0.717, 1.165) is 18.0 Å². The van der Waals surface area contributed by atoms with Crippen molar-refractivity contribution in [2.24, 2.45) is 5.92 Å². The van der Waals surface area contributed by atoms with Crippen molar-refractivity contribution in [3.05, 3.63) is 0 Å². The van der Waals surface area contributed by atoms with Crippen LogP contribution in [0, 0.1) is 5.92 Å². The van der Waals surface area contributed by atoms with E-state index in [9.17, 15) is 0 Å². The zero-order valence-electron chi connectivity index (χ0n) is 12.6. The molecule has 2 heteroatoms. The van der Waals surface area contributed by atoms with Crippen molar-refractivity contribution in [1.29, 1.82) is 0 Å². The summed E-state index contributed by atoms with van der Waals surface area (Å²) in [6.45, 7) is 9.70. The average molecular weight is 252 g/mol. The minimum Gasteiger partial charge on any atom is -0.313 e. The highest BCUT2D eigenvalue weighted by Gasteiger charge is 2.29. The van der Waals surface area contributed by atoms with Crippen molar-refractivity contribution in [3.63, 3.8) is 0 Å². The Bertz CT molecular complexity index is 227. The molecule has 1 aliphatic heterocycles. The van der Waals surface area contributed by atoms with Crippen LogP contribution in [0.1, 0.15) is 65.7 Å². The van der Waals surface area contributed by atoms with Crippen molar-refractivity contribution in [2.75, 3.05) is 13.1 Å². The highest BCUT2D eigenvalue weighted by Crippen LogP contribution is 2.31. The van der Waals surface area contributed by atoms with Crippen molar-refractivity contribution in [2.45, 2.75) is 83.8 Å². The van der Waals surface area contributed by atoms with E-state index in [1.807, 2.05) is 0 Å². The third kappa shape index (κ3) is 3.71. The topological polar surface area (TPSA) is 15.3 Å². The van der Waals surface area contributed by atoms with Gasteiger partial charge in [-0.3, -0.25) is 4.90 Å². The van der Waals surface area contributed by atoms with Gasteiger partial charge >= 0.3 is 0 Å². The lowest BCUT2D eigenvalue weighted by Gasteiger charge is -2.39. The van der Waals surface area contributed by atoms with Gasteiger partial charge < -0.3 is 5.32 Å². The van der Waals surface area contributed by atoms with E-state index < -0.39 is 0 Å². The van der Waals surface area contributed by atoms with Gasteiger partial charge in [0, 0.05) is 24.7 Å². The Balaban J connectivity index is 1.89. The molecule has 2 atom stereocenters. The van der Waals surface area contributed by atoms with Crippen LogP contribution in [-0.2, 0) is 0 Å². The van der Waals surface area contributed by atoms with E-state index in [4.69, 9.17) is 0 Å². The molecule has 0 amide bonds. The van der Waals surface area contributed by atoms with E-state index in [1.54, 1.807) is 0 Å². The summed E-state index contributed by atoms with van der Waals surface area (Å²) in [6.07, 6.45) is 10.0. The van der Waals surface area contributed by atoms with Gasteiger partial charge in [-0.1, -0.05) is 19.3 Å². The van der Waals surface area contributed by atoms with Gasteiger partial charge in [0.25, 0.3) is 0 Å². The molecule has 1 saturated heterocycles. The Morgan fingerprint density at radius 1 is 1.00 bits per heavy atom. The molecule has 0 aromatic carbocycles. The molecule has 2 unspecified atom stereocenters. The fourth-order valence-electron chi connectivity index (χ4n) is 3.89. The summed E-state index contributed by atoms with van der Waals surface area (Å²) in [5, 5.41) is 3.71. The van der Waals surface area contributed by atoms with E-state index in [-0.39, 0.29) is 0 Å². The predicted molar refractivity (Wildman–Crippen MR) is 78.9 cm³/mol. The fourth-order valence-corrected chi connectivity index (χ4v) is 3.89. The van der Waals surface area contributed by atoms with Crippen LogP contribution in [0.25, 0.3) is 0 Å². The fraction of sp³-hybridized carbons (Fsp3) is 1.00. The predicted octanol–water partition coefficient (Wildman–Crippen LogP) is 3.42. The van der Waals surface area contributed by atoms with Gasteiger partial charge in [-0.25, -0.2) is 0 Å². The summed E-state index contributed by atoms with van der Waals surface area (Å²) in [5.74, 6) is 0.955. The highest BCUT2D eigenvalue weighted by molar-refractivity contribution is 4.85. The van der Waals surface area contributed by atoms with E-state index >= 15 is 0 Å². The number of nitrogens with one attached hydrogen (secondary N) is 1. The molecule has 1 saturated carbocycles. The zero-order chi connectivity index (χ0) is 13.0. The zero-order valence-corrected chi connectivity index (χ0v) is 12.6. The first-order valence-corrected chi connectivity index (χ1v) is 8.17. The summed E-state index contributed by atoms with van der Waals surface area (Å²) < 4.78 is 0. The maximum Gasteiger partial charge on any atom is 0.0195 e. The van der Waals surface area contributed by atoms with Crippen LogP contribution >= 0.6 is 0 Å². The lowest BCUT2D eigenvalue weighted by molar-refractivity contribution is 0.101. The Morgan fingerprint density at radius 2 is 1.67 bits per heavy atom. The number of nitrogens with zero attached hydrogens (tertiary/aromatic N) is 1. The Hall–Kier alpha value is -0.0800. The van der Waals surface area contributed by atoms with Crippen LogP contribution in [0.2, 0.25) is 0 Å². The molecule has 18 heavy (non-hydrogen) atoms. The molecular formula is C16H32N2. The smallest absolute Gasteiger partial charge is 0.0195 e. The maximum atomic E-state index is 3.71. The number of rotatable bonds is 5. The molecule has 106 valence electrons. The van der Waals surface area contributed by atoms with E-state index in [2.05, 4.69) is 31.0 Å². The first-order valence-electron chi connectivity index (χ1n) is 8.17. The first kappa shape index (κ1) is 14.3. The van der Waals surface area contributed by atoms with Gasteiger partial charge in [0.2, 0.25) is 0 Å². The van der Waals surface area contributed by atoms with Crippen LogP contribution in [0.4, 0.5) is 0 Å². The Kier molecular flexibility index (Phi) is 5.50. The van der Waals surface area contributed by atoms with Crippen molar-refractivity contribution in [3.8, 4) is 0 Å². The molecule has 0 aromatic heterocycles. The molecule has 1 heterocycles. The molecule has 2 nitrogen and oxygen atoms in total. The van der Waals surface area contributed by atoms with Gasteiger partial charge in [-0.15, -0.1) is 0 Å². The lowest BCUT2D eigenvalue weighted by atomic mass is 9.95. The number of hydrogen-bond donors (Lipinski definition) is 1. The molecular weight excluding hydrogens is 220 g/mol. The monoisotopic (exact) mass is 252 g/mol. The second-order valence-corrected chi connectivity index (χ2v) is 6.72. The molecule has 0 bridgehead atoms. The van der Waals surface area contributed by atoms with Crippen LogP contribution in [-0.4, -0.2) is 36.1 Å². The molecule has 1 N–H and O–H groups in total. The SMILES string of the molecule is CC(C)N(CC1CCCCN1)C(C)C1CCCC1. The third-order valence-electron chi connectivity index (χ3n) is 5.11. The molecule has 0 aromatic rings. The van der Waals surface area contributed by atoms with Gasteiger partial charge in [-0.05, 0) is 58.9 Å². The quantitative estimate of drug-likeness (QED) is 0.806. The normalized spacial score (nSPS) is 28.2. The molecule has 0 radical (unpaired) electrons. The van der Waals surface area contributed by atoms with Gasteiger partial charge in [0.1, 0.15) is 0 Å². The van der Waals surface area contributed by atoms with Crippen molar-refractivity contribution < 1.29 is 0 Å².